The molecule has 4 N–H and O–H groups in total. The maximum Gasteiger partial charge on any atom is 0.251 e. The summed E-state index contributed by atoms with van der Waals surface area (Å²) in [5, 5.41) is 26.1. The minimum atomic E-state index is -1.40. The zero-order valence-corrected chi connectivity index (χ0v) is 21.8. The lowest BCUT2D eigenvalue weighted by Gasteiger charge is -2.49. The predicted molar refractivity (Wildman–Crippen MR) is 138 cm³/mol. The van der Waals surface area contributed by atoms with E-state index in [0.29, 0.717) is 41.2 Å². The summed E-state index contributed by atoms with van der Waals surface area (Å²) in [7, 11) is 0. The summed E-state index contributed by atoms with van der Waals surface area (Å²) in [5.74, 6) is 0.734. The lowest BCUT2D eigenvalue weighted by Crippen LogP contribution is -2.62. The molecule has 1 saturated heterocycles. The number of nitrogens with zero attached hydrogens (tertiary/aromatic N) is 1. The summed E-state index contributed by atoms with van der Waals surface area (Å²) in [4.78, 5) is 28.1. The Balaban J connectivity index is 1.46. The van der Waals surface area contributed by atoms with Crippen molar-refractivity contribution in [1.29, 1.82) is 5.41 Å². The summed E-state index contributed by atoms with van der Waals surface area (Å²) < 4.78 is 11.9. The van der Waals surface area contributed by atoms with Crippen molar-refractivity contribution in [3.63, 3.8) is 0 Å². The van der Waals surface area contributed by atoms with E-state index in [0.717, 1.165) is 0 Å². The third-order valence-corrected chi connectivity index (χ3v) is 7.80. The van der Waals surface area contributed by atoms with Crippen LogP contribution in [0.15, 0.2) is 42.5 Å². The highest BCUT2D eigenvalue weighted by Crippen LogP contribution is 2.46. The molecule has 3 atom stereocenters. The van der Waals surface area contributed by atoms with Crippen molar-refractivity contribution in [1.82, 2.24) is 15.5 Å². The van der Waals surface area contributed by atoms with Crippen LogP contribution in [0.3, 0.4) is 0 Å². The van der Waals surface area contributed by atoms with E-state index in [9.17, 15) is 14.7 Å². The molecular formula is C28H34N4O5. The van der Waals surface area contributed by atoms with E-state index in [-0.39, 0.29) is 24.2 Å². The van der Waals surface area contributed by atoms with Crippen molar-refractivity contribution < 1.29 is 24.2 Å². The van der Waals surface area contributed by atoms with Crippen LogP contribution in [0.4, 0.5) is 0 Å². The Morgan fingerprint density at radius 3 is 2.57 bits per heavy atom. The summed E-state index contributed by atoms with van der Waals surface area (Å²) in [6.07, 6.45) is 0.765. The Labute approximate surface area is 216 Å². The van der Waals surface area contributed by atoms with Gasteiger partial charge < -0.3 is 25.2 Å². The molecule has 1 fully saturated rings. The van der Waals surface area contributed by atoms with Crippen LogP contribution in [-0.2, 0) is 4.79 Å². The largest absolute Gasteiger partial charge is 0.493 e. The van der Waals surface area contributed by atoms with Crippen molar-refractivity contribution in [3.8, 4) is 11.5 Å². The molecular weight excluding hydrogens is 472 g/mol. The number of carbonyl (C=O) groups excluding carboxylic acids is 2. The molecule has 37 heavy (non-hydrogen) atoms. The first-order chi connectivity index (χ1) is 17.3. The summed E-state index contributed by atoms with van der Waals surface area (Å²) in [5.41, 5.74) is -1.10. The van der Waals surface area contributed by atoms with Gasteiger partial charge in [0.05, 0.1) is 18.7 Å². The zero-order valence-electron chi connectivity index (χ0n) is 21.8. The van der Waals surface area contributed by atoms with Crippen molar-refractivity contribution in [3.05, 3.63) is 59.2 Å². The Morgan fingerprint density at radius 1 is 1.11 bits per heavy atom. The summed E-state index contributed by atoms with van der Waals surface area (Å²) in [6, 6.07) is 11.3. The van der Waals surface area contributed by atoms with E-state index in [4.69, 9.17) is 14.9 Å². The first-order valence-corrected chi connectivity index (χ1v) is 12.6. The lowest BCUT2D eigenvalue weighted by atomic mass is 9.75. The maximum atomic E-state index is 13.6. The molecule has 3 aliphatic rings. The van der Waals surface area contributed by atoms with Gasteiger partial charge in [0.25, 0.3) is 5.91 Å². The monoisotopic (exact) mass is 506 g/mol. The van der Waals surface area contributed by atoms with Crippen LogP contribution in [0, 0.1) is 5.41 Å². The van der Waals surface area contributed by atoms with Crippen LogP contribution >= 0.6 is 0 Å². The van der Waals surface area contributed by atoms with E-state index in [1.165, 1.54) is 4.90 Å². The van der Waals surface area contributed by atoms with Gasteiger partial charge in [-0.2, -0.15) is 0 Å². The van der Waals surface area contributed by atoms with Crippen LogP contribution in [0.25, 0.3) is 0 Å². The molecule has 0 saturated carbocycles. The third kappa shape index (κ3) is 4.21. The number of amides is 2. The number of nitrogens with one attached hydrogen (secondary N) is 3. The molecule has 0 radical (unpaired) electrons. The highest BCUT2D eigenvalue weighted by Gasteiger charge is 2.53. The number of benzene rings is 2. The van der Waals surface area contributed by atoms with Crippen molar-refractivity contribution >= 4 is 17.8 Å². The van der Waals surface area contributed by atoms with Gasteiger partial charge in [-0.3, -0.25) is 19.9 Å². The fourth-order valence-corrected chi connectivity index (χ4v) is 5.40. The van der Waals surface area contributed by atoms with Gasteiger partial charge in [0.15, 0.2) is 5.96 Å². The van der Waals surface area contributed by atoms with Crippen LogP contribution in [0.1, 0.15) is 81.0 Å². The Morgan fingerprint density at radius 2 is 1.84 bits per heavy atom. The van der Waals surface area contributed by atoms with Crippen molar-refractivity contribution in [2.45, 2.75) is 76.3 Å². The number of carbonyl (C=O) groups is 2. The average Bonchev–Trinajstić information content (AvgIpc) is 2.80. The molecule has 0 unspecified atom stereocenters. The standard InChI is InChI=1S/C28H34N4O5/c1-26(2)15-22(33)32(25(29)31-26)19-12-13-36-20-11-10-16(14-18(19)20)24(34)30-23-17-8-6-7-9-21(17)37-27(3,4)28(23,5)35/h6-11,14,19,23,35H,12-13,15H2,1-5H3,(H2,29,31)(H,30,34)/t19-,23-,28+/m1/s1. The van der Waals surface area contributed by atoms with Gasteiger partial charge in [-0.05, 0) is 58.9 Å². The maximum absolute atomic E-state index is 13.6. The van der Waals surface area contributed by atoms with Gasteiger partial charge >= 0.3 is 0 Å². The van der Waals surface area contributed by atoms with Crippen molar-refractivity contribution in [2.75, 3.05) is 6.61 Å². The molecule has 2 aromatic rings. The number of guanidine groups is 1. The van der Waals surface area contributed by atoms with Crippen LogP contribution in [-0.4, -0.2) is 51.1 Å². The highest BCUT2D eigenvalue weighted by molar-refractivity contribution is 6.00. The number of para-hydroxylation sites is 1. The minimum absolute atomic E-state index is 0.0473. The second-order valence-electron chi connectivity index (χ2n) is 11.4. The zero-order chi connectivity index (χ0) is 26.8. The summed E-state index contributed by atoms with van der Waals surface area (Å²) in [6.45, 7) is 9.43. The number of aliphatic hydroxyl groups is 1. The molecule has 3 aliphatic heterocycles. The Kier molecular flexibility index (Phi) is 5.75. The van der Waals surface area contributed by atoms with Gasteiger partial charge in [0, 0.05) is 35.1 Å². The molecule has 5 rings (SSSR count). The number of fused-ring (bicyclic) bond motifs is 2. The smallest absolute Gasteiger partial charge is 0.251 e. The lowest BCUT2D eigenvalue weighted by molar-refractivity contribution is -0.137. The Bertz CT molecular complexity index is 1270. The fraction of sp³-hybridized carbons (Fsp3) is 0.464. The van der Waals surface area contributed by atoms with Gasteiger partial charge in [0.1, 0.15) is 22.7 Å². The third-order valence-electron chi connectivity index (χ3n) is 7.80. The van der Waals surface area contributed by atoms with Crippen LogP contribution in [0.5, 0.6) is 11.5 Å². The molecule has 196 valence electrons. The molecule has 2 amide bonds. The molecule has 0 spiro atoms. The molecule has 9 heteroatoms. The minimum Gasteiger partial charge on any atom is -0.493 e. The van der Waals surface area contributed by atoms with E-state index in [2.05, 4.69) is 10.6 Å². The van der Waals surface area contributed by atoms with Crippen molar-refractivity contribution in [2.24, 2.45) is 0 Å². The first kappa shape index (κ1) is 25.1. The molecule has 0 aromatic heterocycles. The highest BCUT2D eigenvalue weighted by atomic mass is 16.5. The number of ether oxygens (including phenoxy) is 2. The van der Waals surface area contributed by atoms with E-state index in [1.807, 2.05) is 38.1 Å². The van der Waals surface area contributed by atoms with Crippen LogP contribution < -0.4 is 20.1 Å². The summed E-state index contributed by atoms with van der Waals surface area (Å²) >= 11 is 0. The average molecular weight is 507 g/mol. The second-order valence-corrected chi connectivity index (χ2v) is 11.4. The van der Waals surface area contributed by atoms with Crippen LogP contribution in [0.2, 0.25) is 0 Å². The second kappa shape index (κ2) is 8.48. The molecule has 2 aromatic carbocycles. The van der Waals surface area contributed by atoms with Gasteiger partial charge in [-0.25, -0.2) is 0 Å². The first-order valence-electron chi connectivity index (χ1n) is 12.6. The number of hydrogen-bond acceptors (Lipinski definition) is 6. The molecule has 3 heterocycles. The van der Waals surface area contributed by atoms with E-state index in [1.54, 1.807) is 39.0 Å². The van der Waals surface area contributed by atoms with Gasteiger partial charge in [0.2, 0.25) is 5.91 Å². The normalized spacial score (nSPS) is 27.7. The number of hydrogen-bond donors (Lipinski definition) is 4. The van der Waals surface area contributed by atoms with E-state index >= 15 is 0 Å². The topological polar surface area (TPSA) is 124 Å². The SMILES string of the molecule is CC1(C)CC(=O)N([C@@H]2CCOc3ccc(C(=O)N[C@@H]4c5ccccc5OC(C)(C)[C@@]4(C)O)cc32)C(=N)N1. The number of rotatable bonds is 3. The van der Waals surface area contributed by atoms with Gasteiger partial charge in [-0.1, -0.05) is 18.2 Å². The van der Waals surface area contributed by atoms with Gasteiger partial charge in [-0.15, -0.1) is 0 Å². The molecule has 0 aliphatic carbocycles. The predicted octanol–water partition coefficient (Wildman–Crippen LogP) is 3.44. The quantitative estimate of drug-likeness (QED) is 0.506. The Hall–Kier alpha value is -3.59. The molecule has 0 bridgehead atoms. The molecule has 9 nitrogen and oxygen atoms in total. The van der Waals surface area contributed by atoms with E-state index < -0.39 is 28.8 Å². The fourth-order valence-electron chi connectivity index (χ4n) is 5.40.